The molecule has 1 spiro atoms. The number of carbonyl (C=O) groups excluding carboxylic acids is 4. The van der Waals surface area contributed by atoms with Gasteiger partial charge in [0, 0.05) is 12.3 Å². The van der Waals surface area contributed by atoms with Crippen LogP contribution in [-0.2, 0) is 21.5 Å². The van der Waals surface area contributed by atoms with Crippen LogP contribution in [0, 0.1) is 0 Å². The number of imide groups is 1. The van der Waals surface area contributed by atoms with Crippen LogP contribution in [0.25, 0.3) is 0 Å². The molecule has 2 aromatic rings. The van der Waals surface area contributed by atoms with Crippen LogP contribution >= 0.6 is 11.3 Å². The summed E-state index contributed by atoms with van der Waals surface area (Å²) in [4.78, 5) is 53.9. The van der Waals surface area contributed by atoms with Crippen molar-refractivity contribution in [2.75, 3.05) is 11.9 Å². The van der Waals surface area contributed by atoms with E-state index in [1.54, 1.807) is 0 Å². The van der Waals surface area contributed by atoms with Gasteiger partial charge in [-0.25, -0.2) is 9.78 Å². The number of amides is 4. The van der Waals surface area contributed by atoms with Gasteiger partial charge in [-0.15, -0.1) is 11.3 Å². The molecule has 4 rings (SSSR count). The molecule has 1 aliphatic carbocycles. The number of hydrogen-bond donors (Lipinski definition) is 2. The highest BCUT2D eigenvalue weighted by Crippen LogP contribution is 2.41. The molecule has 2 heterocycles. The lowest BCUT2D eigenvalue weighted by Gasteiger charge is -2.22. The summed E-state index contributed by atoms with van der Waals surface area (Å²) in [6.07, 6.45) is 1.17. The molecule has 8 nitrogen and oxygen atoms in total. The summed E-state index contributed by atoms with van der Waals surface area (Å²) in [5.41, 5.74) is 0.984. The summed E-state index contributed by atoms with van der Waals surface area (Å²) in [7, 11) is 0. The average molecular weight is 384 g/mol. The molecule has 4 amide bonds. The van der Waals surface area contributed by atoms with Crippen molar-refractivity contribution in [1.82, 2.24) is 15.2 Å². The summed E-state index contributed by atoms with van der Waals surface area (Å²) in [6.45, 7) is 0.969. The van der Waals surface area contributed by atoms with E-state index in [-0.39, 0.29) is 16.6 Å². The molecular formula is C18H16N4O4S. The molecule has 1 saturated heterocycles. The normalized spacial score (nSPS) is 20.7. The Labute approximate surface area is 158 Å². The van der Waals surface area contributed by atoms with Crippen molar-refractivity contribution < 1.29 is 19.2 Å². The number of ketones is 1. The zero-order valence-electron chi connectivity index (χ0n) is 14.4. The van der Waals surface area contributed by atoms with Crippen LogP contribution in [0.2, 0.25) is 0 Å². The molecule has 0 bridgehead atoms. The number of aryl methyl sites for hydroxylation is 1. The van der Waals surface area contributed by atoms with Gasteiger partial charge in [0.05, 0.1) is 0 Å². The fourth-order valence-electron chi connectivity index (χ4n) is 3.53. The summed E-state index contributed by atoms with van der Waals surface area (Å²) in [5, 5.41) is 7.09. The van der Waals surface area contributed by atoms with Crippen molar-refractivity contribution in [1.29, 1.82) is 0 Å². The molecule has 2 N–H and O–H groups in total. The average Bonchev–Trinajstić information content (AvgIpc) is 3.30. The maximum atomic E-state index is 13.0. The number of anilines is 1. The Hall–Kier alpha value is -3.07. The van der Waals surface area contributed by atoms with E-state index < -0.39 is 29.9 Å². The van der Waals surface area contributed by atoms with Gasteiger partial charge in [-0.05, 0) is 24.0 Å². The molecular weight excluding hydrogens is 368 g/mol. The molecule has 9 heteroatoms. The van der Waals surface area contributed by atoms with Crippen LogP contribution in [0.1, 0.15) is 35.0 Å². The molecule has 138 valence electrons. The Morgan fingerprint density at radius 1 is 1.33 bits per heavy atom. The molecule has 1 aromatic carbocycles. The smallest absolute Gasteiger partial charge is 0.319 e. The number of hydrogen-bond acceptors (Lipinski definition) is 6. The van der Waals surface area contributed by atoms with E-state index in [1.165, 1.54) is 12.3 Å². The second-order valence-corrected chi connectivity index (χ2v) is 7.38. The van der Waals surface area contributed by atoms with Gasteiger partial charge in [-0.1, -0.05) is 24.3 Å². The topological polar surface area (TPSA) is 108 Å². The van der Waals surface area contributed by atoms with Gasteiger partial charge in [-0.3, -0.25) is 19.3 Å². The second-order valence-electron chi connectivity index (χ2n) is 6.53. The molecule has 0 saturated carbocycles. The summed E-state index contributed by atoms with van der Waals surface area (Å²) in [5.74, 6) is -1.18. The fourth-order valence-corrected chi connectivity index (χ4v) is 4.29. The zero-order chi connectivity index (χ0) is 19.2. The third kappa shape index (κ3) is 2.80. The van der Waals surface area contributed by atoms with E-state index in [2.05, 4.69) is 15.6 Å². The maximum absolute atomic E-state index is 13.0. The quantitative estimate of drug-likeness (QED) is 0.616. The molecule has 0 radical (unpaired) electrons. The number of benzene rings is 1. The van der Waals surface area contributed by atoms with E-state index in [1.807, 2.05) is 24.3 Å². The minimum atomic E-state index is -1.09. The molecule has 1 aromatic heterocycles. The highest BCUT2D eigenvalue weighted by Gasteiger charge is 2.55. The predicted octanol–water partition coefficient (Wildman–Crippen LogP) is 1.68. The number of Topliss-reactive ketones (excluding diaryl/α,β-unsaturated/α-hetero) is 1. The lowest BCUT2D eigenvalue weighted by Crippen LogP contribution is -2.43. The molecule has 1 fully saturated rings. The van der Waals surface area contributed by atoms with Crippen LogP contribution in [0.3, 0.4) is 0 Å². The van der Waals surface area contributed by atoms with Crippen molar-refractivity contribution >= 4 is 40.1 Å². The van der Waals surface area contributed by atoms with Crippen molar-refractivity contribution in [3.8, 4) is 0 Å². The monoisotopic (exact) mass is 384 g/mol. The standard InChI is InChI=1S/C18H16N4O4S/c1-10(23)13-9-27-16(19-13)20-14(24)8-22-15(25)18(21-17(22)26)7-6-11-4-2-3-5-12(11)18/h2-5,9H,6-8H2,1H3,(H,21,26)(H,19,20,24). The van der Waals surface area contributed by atoms with Gasteiger partial charge in [-0.2, -0.15) is 0 Å². The van der Waals surface area contributed by atoms with Crippen LogP contribution in [-0.4, -0.2) is 40.1 Å². The first kappa shape index (κ1) is 17.3. The van der Waals surface area contributed by atoms with Crippen molar-refractivity contribution in [2.45, 2.75) is 25.3 Å². The molecule has 27 heavy (non-hydrogen) atoms. The Bertz CT molecular complexity index is 985. The van der Waals surface area contributed by atoms with Gasteiger partial charge in [0.15, 0.2) is 10.9 Å². The third-order valence-electron chi connectivity index (χ3n) is 4.84. The van der Waals surface area contributed by atoms with Crippen molar-refractivity contribution in [2.24, 2.45) is 0 Å². The first-order valence-electron chi connectivity index (χ1n) is 8.39. The molecule has 1 aliphatic heterocycles. The number of urea groups is 1. The molecule has 1 unspecified atom stereocenters. The van der Waals surface area contributed by atoms with E-state index >= 15 is 0 Å². The first-order valence-corrected chi connectivity index (χ1v) is 9.27. The van der Waals surface area contributed by atoms with E-state index in [9.17, 15) is 19.2 Å². The Balaban J connectivity index is 1.50. The Kier molecular flexibility index (Phi) is 4.03. The number of carbonyl (C=O) groups is 4. The SMILES string of the molecule is CC(=O)c1csc(NC(=O)CN2C(=O)NC3(CCc4ccccc43)C2=O)n1. The number of thiazole rings is 1. The minimum Gasteiger partial charge on any atom is -0.319 e. The first-order chi connectivity index (χ1) is 12.9. The van der Waals surface area contributed by atoms with Gasteiger partial charge in [0.2, 0.25) is 5.91 Å². The van der Waals surface area contributed by atoms with Gasteiger partial charge in [0.1, 0.15) is 17.8 Å². The Morgan fingerprint density at radius 2 is 2.11 bits per heavy atom. The number of rotatable bonds is 4. The Morgan fingerprint density at radius 3 is 2.85 bits per heavy atom. The van der Waals surface area contributed by atoms with Crippen LogP contribution in [0.5, 0.6) is 0 Å². The third-order valence-corrected chi connectivity index (χ3v) is 5.59. The van der Waals surface area contributed by atoms with E-state index in [4.69, 9.17) is 0 Å². The van der Waals surface area contributed by atoms with Gasteiger partial charge >= 0.3 is 6.03 Å². The second kappa shape index (κ2) is 6.27. The lowest BCUT2D eigenvalue weighted by molar-refractivity contribution is -0.134. The van der Waals surface area contributed by atoms with E-state index in [0.29, 0.717) is 12.8 Å². The van der Waals surface area contributed by atoms with Crippen molar-refractivity contribution in [3.05, 3.63) is 46.5 Å². The van der Waals surface area contributed by atoms with Gasteiger partial charge in [0.25, 0.3) is 5.91 Å². The number of fused-ring (bicyclic) bond motifs is 2. The fraction of sp³-hybridized carbons (Fsp3) is 0.278. The van der Waals surface area contributed by atoms with Crippen molar-refractivity contribution in [3.63, 3.8) is 0 Å². The lowest BCUT2D eigenvalue weighted by atomic mass is 9.92. The minimum absolute atomic E-state index is 0.206. The summed E-state index contributed by atoms with van der Waals surface area (Å²) in [6, 6.07) is 6.91. The maximum Gasteiger partial charge on any atom is 0.325 e. The number of nitrogens with one attached hydrogen (secondary N) is 2. The van der Waals surface area contributed by atoms with E-state index in [0.717, 1.165) is 27.4 Å². The number of nitrogens with zero attached hydrogens (tertiary/aromatic N) is 2. The molecule has 2 aliphatic rings. The van der Waals surface area contributed by atoms with Crippen LogP contribution in [0.4, 0.5) is 9.93 Å². The summed E-state index contributed by atoms with van der Waals surface area (Å²) >= 11 is 1.11. The predicted molar refractivity (Wildman–Crippen MR) is 97.4 cm³/mol. The van der Waals surface area contributed by atoms with Crippen LogP contribution in [0.15, 0.2) is 29.6 Å². The largest absolute Gasteiger partial charge is 0.325 e. The van der Waals surface area contributed by atoms with Gasteiger partial charge < -0.3 is 10.6 Å². The zero-order valence-corrected chi connectivity index (χ0v) is 15.3. The molecule has 1 atom stereocenters. The van der Waals surface area contributed by atoms with Crippen LogP contribution < -0.4 is 10.6 Å². The highest BCUT2D eigenvalue weighted by atomic mass is 32.1. The highest BCUT2D eigenvalue weighted by molar-refractivity contribution is 7.14. The summed E-state index contributed by atoms with van der Waals surface area (Å²) < 4.78 is 0. The number of aromatic nitrogens is 1.